The molecule has 0 rings (SSSR count). The average molecular weight is 808 g/mol. The molecule has 15 heteroatoms. The Kier molecular flexibility index (Phi) is 43.4. The highest BCUT2D eigenvalue weighted by Gasteiger charge is 1.97. The van der Waals surface area contributed by atoms with E-state index in [0.717, 1.165) is 16.4 Å². The van der Waals surface area contributed by atoms with Crippen LogP contribution in [0.1, 0.15) is 0 Å². The van der Waals surface area contributed by atoms with Gasteiger partial charge in [-0.05, 0) is 0 Å². The Hall–Kier alpha value is 0.690. The van der Waals surface area contributed by atoms with Gasteiger partial charge in [0.25, 0.3) is 0 Å². The Morgan fingerprint density at radius 2 is 0.372 bits per heavy atom. The predicted octanol–water partition coefficient (Wildman–Crippen LogP) is 2.03. The van der Waals surface area contributed by atoms with Crippen molar-refractivity contribution in [2.24, 2.45) is 0 Å². The van der Waals surface area contributed by atoms with Gasteiger partial charge < -0.3 is 61.6 Å². The van der Waals surface area contributed by atoms with Gasteiger partial charge in [0.05, 0.1) is 172 Å². The second-order valence-corrected chi connectivity index (χ2v) is 10.2. The minimum Gasteiger partial charge on any atom is -0.378 e. The van der Waals surface area contributed by atoms with E-state index in [0.29, 0.717) is 165 Å². The lowest BCUT2D eigenvalue weighted by atomic mass is 10.6. The summed E-state index contributed by atoms with van der Waals surface area (Å²) in [6, 6.07) is 0. The standard InChI is InChI=1S/C28H56BrIO13/c29-1-3-31-5-7-33-9-11-35-13-15-37-17-19-39-21-23-41-25-27-43-28-26-42-24-22-40-20-18-38-16-14-36-12-10-34-8-6-32-4-2-30/h1-28H2. The molecule has 0 aromatic carbocycles. The lowest BCUT2D eigenvalue weighted by Crippen LogP contribution is -2.15. The number of alkyl halides is 2. The van der Waals surface area contributed by atoms with Crippen molar-refractivity contribution in [3.8, 4) is 0 Å². The van der Waals surface area contributed by atoms with Crippen LogP contribution in [0.15, 0.2) is 0 Å². The molecular formula is C28H56BrIO13. The SMILES string of the molecule is BrCCOCCOCCOCCOCCOCCOCCOCCOCCOCCOCCOCCOCCOCCI. The summed E-state index contributed by atoms with van der Waals surface area (Å²) in [5.74, 6) is 0. The van der Waals surface area contributed by atoms with Gasteiger partial charge in [-0.15, -0.1) is 0 Å². The Labute approximate surface area is 280 Å². The Morgan fingerprint density at radius 1 is 0.233 bits per heavy atom. The maximum atomic E-state index is 5.48. The lowest BCUT2D eigenvalue weighted by Gasteiger charge is -2.09. The molecule has 0 bridgehead atoms. The first-order valence-corrected chi connectivity index (χ1v) is 17.7. The quantitative estimate of drug-likeness (QED) is 0.0511. The smallest absolute Gasteiger partial charge is 0.0701 e. The number of hydrogen-bond acceptors (Lipinski definition) is 13. The van der Waals surface area contributed by atoms with Gasteiger partial charge in [0.2, 0.25) is 0 Å². The van der Waals surface area contributed by atoms with Gasteiger partial charge in [0.1, 0.15) is 0 Å². The molecule has 0 aliphatic carbocycles. The third kappa shape index (κ3) is 42.7. The largest absolute Gasteiger partial charge is 0.378 e. The molecule has 13 nitrogen and oxygen atoms in total. The fourth-order valence-corrected chi connectivity index (χ4v) is 3.39. The molecule has 0 spiro atoms. The average Bonchev–Trinajstić information content (AvgIpc) is 3.02. The van der Waals surface area contributed by atoms with Gasteiger partial charge >= 0.3 is 0 Å². The molecular weight excluding hydrogens is 751 g/mol. The van der Waals surface area contributed by atoms with E-state index in [1.165, 1.54) is 0 Å². The van der Waals surface area contributed by atoms with Crippen molar-refractivity contribution in [2.45, 2.75) is 0 Å². The third-order valence-corrected chi connectivity index (χ3v) is 5.67. The first-order chi connectivity index (χ1) is 21.4. The predicted molar refractivity (Wildman–Crippen MR) is 173 cm³/mol. The van der Waals surface area contributed by atoms with E-state index in [-0.39, 0.29) is 0 Å². The molecule has 0 fully saturated rings. The summed E-state index contributed by atoms with van der Waals surface area (Å²) in [4.78, 5) is 0. The number of hydrogen-bond donors (Lipinski definition) is 0. The summed E-state index contributed by atoms with van der Waals surface area (Å²) >= 11 is 5.58. The van der Waals surface area contributed by atoms with Crippen molar-refractivity contribution in [3.63, 3.8) is 0 Å². The summed E-state index contributed by atoms with van der Waals surface area (Å²) < 4.78 is 71.5. The van der Waals surface area contributed by atoms with Crippen molar-refractivity contribution >= 4 is 38.5 Å². The Morgan fingerprint density at radius 3 is 0.512 bits per heavy atom. The number of rotatable bonds is 40. The maximum Gasteiger partial charge on any atom is 0.0701 e. The van der Waals surface area contributed by atoms with Crippen LogP contribution in [0.3, 0.4) is 0 Å². The van der Waals surface area contributed by atoms with E-state index < -0.39 is 0 Å². The Bertz CT molecular complexity index is 450. The molecule has 0 heterocycles. The molecule has 0 N–H and O–H groups in total. The van der Waals surface area contributed by atoms with E-state index in [2.05, 4.69) is 38.5 Å². The molecule has 0 saturated carbocycles. The topological polar surface area (TPSA) is 120 Å². The highest BCUT2D eigenvalue weighted by molar-refractivity contribution is 14.1. The first kappa shape index (κ1) is 43.7. The van der Waals surface area contributed by atoms with Crippen LogP contribution in [0, 0.1) is 0 Å². The molecule has 0 radical (unpaired) electrons. The zero-order valence-corrected chi connectivity index (χ0v) is 29.6. The van der Waals surface area contributed by atoms with Gasteiger partial charge in [0.15, 0.2) is 0 Å². The highest BCUT2D eigenvalue weighted by atomic mass is 127. The minimum absolute atomic E-state index is 0.515. The summed E-state index contributed by atoms with van der Waals surface area (Å²) in [7, 11) is 0. The van der Waals surface area contributed by atoms with Crippen LogP contribution >= 0.6 is 38.5 Å². The van der Waals surface area contributed by atoms with Crippen molar-refractivity contribution in [1.29, 1.82) is 0 Å². The molecule has 0 amide bonds. The van der Waals surface area contributed by atoms with Gasteiger partial charge in [-0.3, -0.25) is 0 Å². The molecule has 0 unspecified atom stereocenters. The Balaban J connectivity index is 3.02. The maximum absolute atomic E-state index is 5.48. The third-order valence-electron chi connectivity index (χ3n) is 4.91. The molecule has 0 saturated heterocycles. The lowest BCUT2D eigenvalue weighted by molar-refractivity contribution is -0.0288. The zero-order chi connectivity index (χ0) is 31.0. The van der Waals surface area contributed by atoms with Gasteiger partial charge in [-0.2, -0.15) is 0 Å². The summed E-state index contributed by atoms with van der Waals surface area (Å²) in [6.07, 6.45) is 0. The second kappa shape index (κ2) is 42.7. The van der Waals surface area contributed by atoms with Gasteiger partial charge in [0, 0.05) is 9.76 Å². The van der Waals surface area contributed by atoms with E-state index in [9.17, 15) is 0 Å². The highest BCUT2D eigenvalue weighted by Crippen LogP contribution is 1.88. The van der Waals surface area contributed by atoms with Crippen molar-refractivity contribution in [3.05, 3.63) is 0 Å². The zero-order valence-electron chi connectivity index (χ0n) is 25.9. The number of ether oxygens (including phenoxy) is 13. The molecule has 0 aliphatic heterocycles. The molecule has 0 aliphatic rings. The van der Waals surface area contributed by atoms with Crippen LogP contribution in [-0.2, 0) is 61.6 Å². The van der Waals surface area contributed by atoms with E-state index in [1.807, 2.05) is 0 Å². The molecule has 0 aromatic heterocycles. The van der Waals surface area contributed by atoms with Crippen LogP contribution in [0.4, 0.5) is 0 Å². The summed E-state index contributed by atoms with van der Waals surface area (Å²) in [5.41, 5.74) is 0. The van der Waals surface area contributed by atoms with E-state index >= 15 is 0 Å². The van der Waals surface area contributed by atoms with Crippen LogP contribution in [0.5, 0.6) is 0 Å². The minimum atomic E-state index is 0.515. The summed E-state index contributed by atoms with van der Waals surface area (Å²) in [5, 5.41) is 0.838. The second-order valence-electron chi connectivity index (χ2n) is 8.34. The normalized spacial score (nSPS) is 11.6. The number of halogens is 2. The van der Waals surface area contributed by atoms with Crippen molar-refractivity contribution in [1.82, 2.24) is 0 Å². The van der Waals surface area contributed by atoms with Crippen molar-refractivity contribution in [2.75, 3.05) is 182 Å². The first-order valence-electron chi connectivity index (χ1n) is 15.0. The fourth-order valence-electron chi connectivity index (χ4n) is 2.85. The molecule has 260 valence electrons. The molecule has 0 atom stereocenters. The van der Waals surface area contributed by atoms with E-state index in [4.69, 9.17) is 61.6 Å². The van der Waals surface area contributed by atoms with Crippen LogP contribution in [0.25, 0.3) is 0 Å². The molecule has 0 aromatic rings. The van der Waals surface area contributed by atoms with Crippen LogP contribution in [-0.4, -0.2) is 182 Å². The van der Waals surface area contributed by atoms with E-state index in [1.54, 1.807) is 0 Å². The monoisotopic (exact) mass is 806 g/mol. The van der Waals surface area contributed by atoms with Crippen LogP contribution < -0.4 is 0 Å². The fraction of sp³-hybridized carbons (Fsp3) is 1.00. The van der Waals surface area contributed by atoms with Crippen molar-refractivity contribution < 1.29 is 61.6 Å². The van der Waals surface area contributed by atoms with Gasteiger partial charge in [-0.25, -0.2) is 0 Å². The summed E-state index contributed by atoms with van der Waals surface area (Å²) in [6.45, 7) is 14.4. The van der Waals surface area contributed by atoms with Crippen LogP contribution in [0.2, 0.25) is 0 Å². The van der Waals surface area contributed by atoms with Gasteiger partial charge in [-0.1, -0.05) is 38.5 Å². The molecule has 43 heavy (non-hydrogen) atoms.